The average Bonchev–Trinajstić information content (AvgIpc) is 3.41. The Balaban J connectivity index is 1.21. The second-order valence-corrected chi connectivity index (χ2v) is 12.4. The van der Waals surface area contributed by atoms with Gasteiger partial charge in [-0.05, 0) is 69.9 Å². The van der Waals surface area contributed by atoms with Crippen LogP contribution in [0.1, 0.15) is 55.5 Å². The van der Waals surface area contributed by atoms with E-state index in [4.69, 9.17) is 30.3 Å². The van der Waals surface area contributed by atoms with Crippen molar-refractivity contribution in [2.24, 2.45) is 22.1 Å². The molecule has 48 heavy (non-hydrogen) atoms. The van der Waals surface area contributed by atoms with Crippen molar-refractivity contribution in [1.82, 2.24) is 0 Å². The molecule has 1 aromatic heterocycles. The molecule has 0 saturated heterocycles. The van der Waals surface area contributed by atoms with Crippen molar-refractivity contribution in [1.29, 1.82) is 5.26 Å². The van der Waals surface area contributed by atoms with Gasteiger partial charge in [-0.3, -0.25) is 9.59 Å². The van der Waals surface area contributed by atoms with E-state index in [1.165, 1.54) is 11.3 Å². The van der Waals surface area contributed by atoms with Gasteiger partial charge in [0.05, 0.1) is 75.9 Å². The van der Waals surface area contributed by atoms with Gasteiger partial charge < -0.3 is 28.6 Å². The number of benzene rings is 1. The molecule has 1 aliphatic carbocycles. The number of nitrogens with zero attached hydrogens (tertiary/aromatic N) is 5. The van der Waals surface area contributed by atoms with Crippen LogP contribution in [0.5, 0.6) is 0 Å². The van der Waals surface area contributed by atoms with E-state index in [0.29, 0.717) is 86.1 Å². The van der Waals surface area contributed by atoms with Crippen molar-refractivity contribution in [2.45, 2.75) is 53.4 Å². The van der Waals surface area contributed by atoms with Crippen molar-refractivity contribution in [3.63, 3.8) is 0 Å². The first kappa shape index (κ1) is 38.7. The first-order valence-electron chi connectivity index (χ1n) is 16.5. The van der Waals surface area contributed by atoms with Crippen molar-refractivity contribution in [3.05, 3.63) is 45.6 Å². The van der Waals surface area contributed by atoms with Gasteiger partial charge in [-0.1, -0.05) is 12.8 Å². The molecule has 0 amide bonds. The summed E-state index contributed by atoms with van der Waals surface area (Å²) in [6.45, 7) is 20.0. The lowest BCUT2D eigenvalue weighted by Crippen LogP contribution is -2.33. The van der Waals surface area contributed by atoms with E-state index in [9.17, 15) is 14.9 Å². The number of azo groups is 1. The summed E-state index contributed by atoms with van der Waals surface area (Å²) in [6, 6.07) is 8.07. The van der Waals surface area contributed by atoms with Crippen molar-refractivity contribution in [3.8, 4) is 6.07 Å². The van der Waals surface area contributed by atoms with E-state index in [0.717, 1.165) is 43.6 Å². The van der Waals surface area contributed by atoms with Crippen LogP contribution >= 0.6 is 11.3 Å². The summed E-state index contributed by atoms with van der Waals surface area (Å²) in [4.78, 5) is 30.4. The number of Topliss-reactive ketones (excluding diaryl/α,β-unsaturated/α-hetero) is 1. The minimum Gasteiger partial charge on any atom is -0.463 e. The zero-order valence-electron chi connectivity index (χ0n) is 28.5. The van der Waals surface area contributed by atoms with Crippen molar-refractivity contribution >= 4 is 45.2 Å². The van der Waals surface area contributed by atoms with Crippen molar-refractivity contribution < 1.29 is 33.3 Å². The number of nitriles is 1. The van der Waals surface area contributed by atoms with Crippen LogP contribution in [0.2, 0.25) is 0 Å². The predicted octanol–water partition coefficient (Wildman–Crippen LogP) is 7.03. The molecule has 0 aliphatic heterocycles. The maximum Gasteiger partial charge on any atom is 0.309 e. The summed E-state index contributed by atoms with van der Waals surface area (Å²) in [5.41, 5.74) is 3.74. The van der Waals surface area contributed by atoms with E-state index in [-0.39, 0.29) is 30.2 Å². The molecular weight excluding hydrogens is 634 g/mol. The van der Waals surface area contributed by atoms with E-state index < -0.39 is 0 Å². The van der Waals surface area contributed by atoms with E-state index >= 15 is 0 Å². The molecule has 1 aromatic carbocycles. The summed E-state index contributed by atoms with van der Waals surface area (Å²) in [6.07, 6.45) is 3.42. The second kappa shape index (κ2) is 21.3. The van der Waals surface area contributed by atoms with Gasteiger partial charge in [0.2, 0.25) is 5.69 Å². The van der Waals surface area contributed by atoms with Gasteiger partial charge in [-0.25, -0.2) is 4.85 Å². The zero-order valence-corrected chi connectivity index (χ0v) is 29.3. The van der Waals surface area contributed by atoms with Gasteiger partial charge in [0, 0.05) is 24.7 Å². The van der Waals surface area contributed by atoms with Crippen LogP contribution in [-0.4, -0.2) is 84.3 Å². The number of thiophene rings is 1. The Morgan fingerprint density at radius 3 is 2.12 bits per heavy atom. The number of aryl methyl sites for hydroxylation is 1. The molecule has 1 heterocycles. The highest BCUT2D eigenvalue weighted by molar-refractivity contribution is 7.17. The number of carbonyl (C=O) groups excluding carboxylic acids is 2. The normalized spacial score (nSPS) is 16.0. The van der Waals surface area contributed by atoms with Crippen LogP contribution < -0.4 is 4.90 Å². The number of ketones is 1. The average molecular weight is 682 g/mol. The molecule has 1 fully saturated rings. The van der Waals surface area contributed by atoms with Crippen LogP contribution in [0.15, 0.2) is 28.4 Å². The fraction of sp³-hybridized carbons (Fsp3) is 0.600. The molecule has 1 aliphatic rings. The van der Waals surface area contributed by atoms with E-state index in [2.05, 4.69) is 39.0 Å². The SMILES string of the molecule is [C-]#[N+]c1c(N=Nc2ccc(N(CC)CCOCCOCCOCCOCCOC(=O)C3CCCCC3C(C)=O)cc2C)sc(C#N)c1C. The second-order valence-electron chi connectivity index (χ2n) is 11.4. The Kier molecular flexibility index (Phi) is 17.2. The van der Waals surface area contributed by atoms with Gasteiger partial charge in [-0.2, -0.15) is 15.5 Å². The number of hydrogen-bond acceptors (Lipinski definition) is 12. The lowest BCUT2D eigenvalue weighted by molar-refractivity contribution is -0.155. The molecule has 0 N–H and O–H groups in total. The summed E-state index contributed by atoms with van der Waals surface area (Å²) in [5, 5.41) is 18.3. The van der Waals surface area contributed by atoms with E-state index in [1.54, 1.807) is 13.8 Å². The first-order valence-corrected chi connectivity index (χ1v) is 17.3. The fourth-order valence-electron chi connectivity index (χ4n) is 5.46. The largest absolute Gasteiger partial charge is 0.463 e. The van der Waals surface area contributed by atoms with E-state index in [1.807, 2.05) is 19.1 Å². The molecule has 0 bridgehead atoms. The predicted molar refractivity (Wildman–Crippen MR) is 184 cm³/mol. The molecule has 260 valence electrons. The number of hydrogen-bond donors (Lipinski definition) is 0. The molecule has 2 aromatic rings. The topological polar surface area (TPSA) is 136 Å². The third-order valence-electron chi connectivity index (χ3n) is 8.17. The Bertz CT molecular complexity index is 1450. The zero-order chi connectivity index (χ0) is 34.7. The maximum absolute atomic E-state index is 12.3. The van der Waals surface area contributed by atoms with Gasteiger partial charge >= 0.3 is 5.97 Å². The summed E-state index contributed by atoms with van der Waals surface area (Å²) in [7, 11) is 0. The molecule has 1 saturated carbocycles. The Morgan fingerprint density at radius 1 is 0.958 bits per heavy atom. The summed E-state index contributed by atoms with van der Waals surface area (Å²) in [5.74, 6) is -0.755. The van der Waals surface area contributed by atoms with Crippen LogP contribution in [0.4, 0.5) is 22.1 Å². The minimum absolute atomic E-state index is 0.0674. The van der Waals surface area contributed by atoms with Crippen LogP contribution in [0, 0.1) is 43.6 Å². The highest BCUT2D eigenvalue weighted by atomic mass is 32.1. The molecule has 0 spiro atoms. The number of likely N-dealkylation sites (N-methyl/N-ethyl adjacent to an activating group) is 1. The van der Waals surface area contributed by atoms with Gasteiger partial charge in [0.1, 0.15) is 23.5 Å². The molecule has 12 nitrogen and oxygen atoms in total. The summed E-state index contributed by atoms with van der Waals surface area (Å²) < 4.78 is 27.7. The molecule has 13 heteroatoms. The summed E-state index contributed by atoms with van der Waals surface area (Å²) >= 11 is 1.18. The lowest BCUT2D eigenvalue weighted by Gasteiger charge is -2.27. The van der Waals surface area contributed by atoms with Crippen LogP contribution in [-0.2, 0) is 33.3 Å². The van der Waals surface area contributed by atoms with Crippen LogP contribution in [0.3, 0.4) is 0 Å². The quantitative estimate of drug-likeness (QED) is 0.0588. The Labute approximate surface area is 287 Å². The number of ether oxygens (including phenoxy) is 5. The lowest BCUT2D eigenvalue weighted by atomic mass is 9.77. The molecule has 0 radical (unpaired) electrons. The number of carbonyl (C=O) groups is 2. The minimum atomic E-state index is -0.320. The maximum atomic E-state index is 12.3. The van der Waals surface area contributed by atoms with Gasteiger partial charge in [-0.15, -0.1) is 11.3 Å². The number of esters is 1. The monoisotopic (exact) mass is 681 g/mol. The first-order chi connectivity index (χ1) is 23.3. The number of rotatable bonds is 21. The molecule has 3 rings (SSSR count). The third-order valence-corrected chi connectivity index (χ3v) is 9.24. The highest BCUT2D eigenvalue weighted by Crippen LogP contribution is 2.42. The van der Waals surface area contributed by atoms with Gasteiger partial charge in [0.25, 0.3) is 0 Å². The van der Waals surface area contributed by atoms with Crippen LogP contribution in [0.25, 0.3) is 4.85 Å². The molecule has 2 atom stereocenters. The standard InChI is InChI=1S/C35H47N5O7S/c1-6-40(28-11-12-31(25(2)23-28)38-39-34-33(37-5)26(3)32(24-36)48-34)13-14-43-15-16-44-17-18-45-19-20-46-21-22-47-35(42)30-10-8-7-9-29(30)27(4)41/h11-12,23,29-30H,6-10,13-22H2,1-4H3. The highest BCUT2D eigenvalue weighted by Gasteiger charge is 2.34. The third kappa shape index (κ3) is 12.1. The van der Waals surface area contributed by atoms with Gasteiger partial charge in [0.15, 0.2) is 0 Å². The molecule has 2 unspecified atom stereocenters. The Morgan fingerprint density at radius 2 is 1.56 bits per heavy atom. The Hall–Kier alpha value is -3.72. The molecular formula is C35H47N5O7S. The smallest absolute Gasteiger partial charge is 0.309 e. The number of anilines is 1. The van der Waals surface area contributed by atoms with Crippen molar-refractivity contribution in [2.75, 3.05) is 77.5 Å². The fourth-order valence-corrected chi connectivity index (χ4v) is 6.32.